The first-order chi connectivity index (χ1) is 16.9. The summed E-state index contributed by atoms with van der Waals surface area (Å²) in [7, 11) is -7.23. The van der Waals surface area contributed by atoms with E-state index in [-0.39, 0.29) is 42.1 Å². The van der Waals surface area contributed by atoms with Crippen molar-refractivity contribution in [3.63, 3.8) is 0 Å². The first kappa shape index (κ1) is 27.3. The standard InChI is InChI=1S/C21H17Br2Cl2N3O6S2/c1-33-20-15(22)5-12(24)7-18(20)35(29,30)28(14-4-3-11-10-26-27-17(11)9-14)36(31,32)19-8-13(25)6-16(23)21(19)34-2/h3-11,17,27H,1-2H3/t11-,17-/m0/s1. The molecule has 1 N–H and O–H groups in total. The third kappa shape index (κ3) is 4.76. The van der Waals surface area contributed by atoms with Crippen molar-refractivity contribution in [1.82, 2.24) is 9.14 Å². The zero-order valence-corrected chi connectivity index (χ0v) is 24.8. The number of benzene rings is 2. The monoisotopic (exact) mass is 699 g/mol. The Morgan fingerprint density at radius 3 is 1.89 bits per heavy atom. The molecule has 36 heavy (non-hydrogen) atoms. The lowest BCUT2D eigenvalue weighted by molar-refractivity contribution is 0.397. The van der Waals surface area contributed by atoms with Crippen LogP contribution in [0.5, 0.6) is 11.5 Å². The van der Waals surface area contributed by atoms with Crippen LogP contribution in [0.25, 0.3) is 0 Å². The van der Waals surface area contributed by atoms with Crippen LogP contribution in [-0.2, 0) is 20.0 Å². The first-order valence-electron chi connectivity index (χ1n) is 9.97. The van der Waals surface area contributed by atoms with E-state index in [0.717, 1.165) is 12.1 Å². The maximum Gasteiger partial charge on any atom is 0.281 e. The molecule has 0 saturated carbocycles. The van der Waals surface area contributed by atoms with E-state index < -0.39 is 35.9 Å². The molecule has 1 aliphatic carbocycles. The molecule has 0 radical (unpaired) electrons. The second-order valence-corrected chi connectivity index (χ2v) is 13.8. The van der Waals surface area contributed by atoms with Gasteiger partial charge >= 0.3 is 0 Å². The van der Waals surface area contributed by atoms with Crippen molar-refractivity contribution in [2.24, 2.45) is 11.0 Å². The Balaban J connectivity index is 2.03. The largest absolute Gasteiger partial charge is 0.494 e. The molecule has 0 amide bonds. The lowest BCUT2D eigenvalue weighted by Crippen LogP contribution is -2.39. The Morgan fingerprint density at radius 2 is 1.42 bits per heavy atom. The highest BCUT2D eigenvalue weighted by molar-refractivity contribution is 9.11. The maximum absolute atomic E-state index is 14.2. The van der Waals surface area contributed by atoms with Crippen LogP contribution >= 0.6 is 55.1 Å². The molecule has 2 aromatic rings. The van der Waals surface area contributed by atoms with Gasteiger partial charge in [-0.2, -0.15) is 25.6 Å². The third-order valence-electron chi connectivity index (χ3n) is 5.28. The van der Waals surface area contributed by atoms with Crippen molar-refractivity contribution in [3.05, 3.63) is 67.2 Å². The number of fused-ring (bicyclic) bond motifs is 1. The van der Waals surface area contributed by atoms with Crippen LogP contribution in [0.3, 0.4) is 0 Å². The summed E-state index contributed by atoms with van der Waals surface area (Å²) in [6, 6.07) is 4.62. The van der Waals surface area contributed by atoms with Gasteiger partial charge in [0.05, 0.1) is 34.9 Å². The number of rotatable bonds is 7. The van der Waals surface area contributed by atoms with E-state index in [4.69, 9.17) is 32.7 Å². The van der Waals surface area contributed by atoms with Crippen molar-refractivity contribution in [1.29, 1.82) is 0 Å². The van der Waals surface area contributed by atoms with Gasteiger partial charge in [-0.1, -0.05) is 29.3 Å². The van der Waals surface area contributed by atoms with Crippen LogP contribution < -0.4 is 14.9 Å². The fourth-order valence-electron chi connectivity index (χ4n) is 3.72. The van der Waals surface area contributed by atoms with Crippen molar-refractivity contribution in [2.45, 2.75) is 15.8 Å². The van der Waals surface area contributed by atoms with Gasteiger partial charge in [-0.15, -0.1) is 0 Å². The van der Waals surface area contributed by atoms with E-state index in [0.29, 0.717) is 3.71 Å². The summed E-state index contributed by atoms with van der Waals surface area (Å²) in [4.78, 5) is -0.944. The molecule has 2 aromatic carbocycles. The SMILES string of the molecule is COc1c(Br)cc(Cl)cc1S(=O)(=O)N(C1=C[C@@H]2NN=C[C@@H]2C=C1)S(=O)(=O)c1cc(Cl)cc(Br)c1OC. The highest BCUT2D eigenvalue weighted by atomic mass is 79.9. The number of methoxy groups -OCH3 is 2. The van der Waals surface area contributed by atoms with Crippen molar-refractivity contribution in [2.75, 3.05) is 14.2 Å². The van der Waals surface area contributed by atoms with Crippen molar-refractivity contribution in [3.8, 4) is 11.5 Å². The Morgan fingerprint density at radius 1 is 0.917 bits per heavy atom. The molecule has 2 atom stereocenters. The summed E-state index contributed by atoms with van der Waals surface area (Å²) in [6.45, 7) is 0. The van der Waals surface area contributed by atoms with Gasteiger partial charge in [-0.25, -0.2) is 0 Å². The molecule has 0 aromatic heterocycles. The summed E-state index contributed by atoms with van der Waals surface area (Å²) < 4.78 is 68.0. The molecular weight excluding hydrogens is 685 g/mol. The van der Waals surface area contributed by atoms with E-state index in [1.807, 2.05) is 0 Å². The number of hydrazone groups is 1. The highest BCUT2D eigenvalue weighted by Crippen LogP contribution is 2.43. The van der Waals surface area contributed by atoms with Gasteiger partial charge < -0.3 is 14.9 Å². The normalized spacial score (nSPS) is 18.9. The third-order valence-corrected chi connectivity index (χ3v) is 11.1. The van der Waals surface area contributed by atoms with Gasteiger partial charge in [0.15, 0.2) is 11.5 Å². The Labute approximate surface area is 235 Å². The molecule has 1 aliphatic heterocycles. The van der Waals surface area contributed by atoms with Gasteiger partial charge in [0, 0.05) is 22.2 Å². The molecule has 0 saturated heterocycles. The Kier molecular flexibility index (Phi) is 7.71. The van der Waals surface area contributed by atoms with Gasteiger partial charge in [-0.3, -0.25) is 0 Å². The lowest BCUT2D eigenvalue weighted by Gasteiger charge is -2.29. The summed E-state index contributed by atoms with van der Waals surface area (Å²) in [6.07, 6.45) is 6.14. The molecule has 15 heteroatoms. The number of allylic oxidation sites excluding steroid dienone is 1. The van der Waals surface area contributed by atoms with E-state index in [1.54, 1.807) is 12.3 Å². The topological polar surface area (TPSA) is 114 Å². The fraction of sp³-hybridized carbons (Fsp3) is 0.190. The van der Waals surface area contributed by atoms with Gasteiger partial charge in [0.2, 0.25) is 0 Å². The second kappa shape index (κ2) is 10.2. The number of nitrogens with one attached hydrogen (secondary N) is 1. The number of sulfonamides is 2. The van der Waals surface area contributed by atoms with Crippen LogP contribution in [0.4, 0.5) is 0 Å². The number of halogens is 4. The molecule has 9 nitrogen and oxygen atoms in total. The molecule has 2 aliphatic rings. The second-order valence-electron chi connectivity index (χ2n) is 7.51. The molecule has 1 heterocycles. The predicted molar refractivity (Wildman–Crippen MR) is 144 cm³/mol. The van der Waals surface area contributed by atoms with Crippen LogP contribution in [0.15, 0.2) is 72.0 Å². The van der Waals surface area contributed by atoms with Crippen LogP contribution in [0, 0.1) is 5.92 Å². The number of nitrogens with zero attached hydrogens (tertiary/aromatic N) is 2. The van der Waals surface area contributed by atoms with Gasteiger partial charge in [0.1, 0.15) is 9.79 Å². The van der Waals surface area contributed by atoms with Gasteiger partial charge in [0.25, 0.3) is 20.0 Å². The summed E-state index contributed by atoms with van der Waals surface area (Å²) in [5, 5.41) is 4.07. The van der Waals surface area contributed by atoms with Crippen LogP contribution in [-0.4, -0.2) is 47.0 Å². The highest BCUT2D eigenvalue weighted by Gasteiger charge is 2.43. The number of hydrogen-bond acceptors (Lipinski definition) is 8. The van der Waals surface area contributed by atoms with Crippen molar-refractivity contribution < 1.29 is 26.3 Å². The van der Waals surface area contributed by atoms with Crippen molar-refractivity contribution >= 4 is 81.3 Å². The quantitative estimate of drug-likeness (QED) is 0.435. The molecule has 0 bridgehead atoms. The molecule has 192 valence electrons. The molecule has 0 unspecified atom stereocenters. The van der Waals surface area contributed by atoms with Crippen LogP contribution in [0.2, 0.25) is 10.0 Å². The van der Waals surface area contributed by atoms with Gasteiger partial charge in [-0.05, 0) is 68.3 Å². The number of hydrogen-bond donors (Lipinski definition) is 1. The minimum atomic E-state index is -4.87. The smallest absolute Gasteiger partial charge is 0.281 e. The molecule has 4 rings (SSSR count). The van der Waals surface area contributed by atoms with E-state index >= 15 is 0 Å². The summed E-state index contributed by atoms with van der Waals surface area (Å²) in [5.41, 5.74) is 2.68. The molecular formula is C21H17Br2Cl2N3O6S2. The maximum atomic E-state index is 14.2. The minimum absolute atomic E-state index is 0.0424. The van der Waals surface area contributed by atoms with E-state index in [2.05, 4.69) is 42.4 Å². The average Bonchev–Trinajstić information content (AvgIpc) is 3.26. The van der Waals surface area contributed by atoms with Crippen LogP contribution in [0.1, 0.15) is 0 Å². The average molecular weight is 702 g/mol. The van der Waals surface area contributed by atoms with E-state index in [9.17, 15) is 16.8 Å². The van der Waals surface area contributed by atoms with E-state index in [1.165, 1.54) is 38.5 Å². The zero-order chi connectivity index (χ0) is 26.4. The first-order valence-corrected chi connectivity index (χ1v) is 15.2. The molecule has 0 spiro atoms. The zero-order valence-electron chi connectivity index (χ0n) is 18.4. The molecule has 0 fully saturated rings. The summed E-state index contributed by atoms with van der Waals surface area (Å²) >= 11 is 18.8. The minimum Gasteiger partial charge on any atom is -0.494 e. The number of ether oxygens (including phenoxy) is 2. The predicted octanol–water partition coefficient (Wildman–Crippen LogP) is 4.94. The summed E-state index contributed by atoms with van der Waals surface area (Å²) in [5.74, 6) is -0.426. The Hall–Kier alpha value is -1.77. The lowest BCUT2D eigenvalue weighted by atomic mass is 9.97. The Bertz CT molecular complexity index is 1460. The fourth-order valence-corrected chi connectivity index (χ4v) is 10.1.